The first-order valence-corrected chi connectivity index (χ1v) is 11.9. The van der Waals surface area contributed by atoms with E-state index in [1.807, 2.05) is 69.3 Å². The Hall–Kier alpha value is -4.46. The first-order chi connectivity index (χ1) is 17.3. The molecular weight excluding hydrogens is 454 g/mol. The molecule has 1 amide bonds. The topological polar surface area (TPSA) is 90.5 Å². The first kappa shape index (κ1) is 23.3. The van der Waals surface area contributed by atoms with E-state index in [9.17, 15) is 9.59 Å². The predicted octanol–water partition coefficient (Wildman–Crippen LogP) is 4.96. The molecule has 8 nitrogen and oxygen atoms in total. The van der Waals surface area contributed by atoms with Gasteiger partial charge in [0.15, 0.2) is 0 Å². The van der Waals surface area contributed by atoms with Crippen molar-refractivity contribution in [3.63, 3.8) is 0 Å². The average Bonchev–Trinajstić information content (AvgIpc) is 3.18. The highest BCUT2D eigenvalue weighted by molar-refractivity contribution is 5.92. The lowest BCUT2D eigenvalue weighted by Gasteiger charge is -2.12. The number of amides is 1. The standard InChI is InChI=1S/C28H27N5O3/c1-5-20-10-12-21(13-11-20)36-27-26-31-32(28(35)33(26)23-9-7-6-8-22(23)29-27)16-24(34)30-25-18(3)14-17(2)15-19(25)4/h6-15H,5,16H2,1-4H3,(H,30,34). The maximum atomic E-state index is 13.4. The molecule has 0 saturated carbocycles. The van der Waals surface area contributed by atoms with Crippen LogP contribution in [-0.2, 0) is 17.8 Å². The number of ether oxygens (including phenoxy) is 1. The second kappa shape index (κ2) is 9.30. The van der Waals surface area contributed by atoms with Crippen molar-refractivity contribution in [1.29, 1.82) is 0 Å². The van der Waals surface area contributed by atoms with Gasteiger partial charge in [-0.15, -0.1) is 5.10 Å². The number of hydrogen-bond acceptors (Lipinski definition) is 5. The molecule has 1 N–H and O–H groups in total. The van der Waals surface area contributed by atoms with Crippen LogP contribution in [0.1, 0.15) is 29.2 Å². The van der Waals surface area contributed by atoms with Gasteiger partial charge in [-0.25, -0.2) is 18.9 Å². The van der Waals surface area contributed by atoms with Crippen LogP contribution in [0, 0.1) is 20.8 Å². The third-order valence-electron chi connectivity index (χ3n) is 6.16. The normalized spacial score (nSPS) is 11.2. The third kappa shape index (κ3) is 4.33. The molecule has 0 unspecified atom stereocenters. The number of para-hydroxylation sites is 2. The quantitative estimate of drug-likeness (QED) is 0.370. The highest BCUT2D eigenvalue weighted by atomic mass is 16.5. The first-order valence-electron chi connectivity index (χ1n) is 11.9. The fourth-order valence-electron chi connectivity index (χ4n) is 4.44. The van der Waals surface area contributed by atoms with E-state index >= 15 is 0 Å². The summed E-state index contributed by atoms with van der Waals surface area (Å²) in [6.45, 7) is 7.74. The van der Waals surface area contributed by atoms with Gasteiger partial charge in [0.05, 0.1) is 11.0 Å². The number of nitrogens with one attached hydrogen (secondary N) is 1. The summed E-state index contributed by atoms with van der Waals surface area (Å²) in [5.74, 6) is 0.437. The van der Waals surface area contributed by atoms with Crippen LogP contribution in [0.5, 0.6) is 11.6 Å². The molecule has 0 bridgehead atoms. The van der Waals surface area contributed by atoms with Gasteiger partial charge in [0.25, 0.3) is 5.88 Å². The summed E-state index contributed by atoms with van der Waals surface area (Å²) < 4.78 is 8.65. The lowest BCUT2D eigenvalue weighted by Crippen LogP contribution is -2.28. The molecule has 36 heavy (non-hydrogen) atoms. The van der Waals surface area contributed by atoms with Crippen LogP contribution in [0.25, 0.3) is 16.7 Å². The van der Waals surface area contributed by atoms with E-state index in [1.54, 1.807) is 12.1 Å². The van der Waals surface area contributed by atoms with Crippen molar-refractivity contribution in [1.82, 2.24) is 19.2 Å². The second-order valence-corrected chi connectivity index (χ2v) is 8.93. The van der Waals surface area contributed by atoms with E-state index in [-0.39, 0.29) is 24.0 Å². The zero-order valence-electron chi connectivity index (χ0n) is 20.7. The Labute approximate surface area is 208 Å². The van der Waals surface area contributed by atoms with Gasteiger partial charge in [0.1, 0.15) is 12.3 Å². The highest BCUT2D eigenvalue weighted by Crippen LogP contribution is 2.26. The minimum Gasteiger partial charge on any atom is -0.436 e. The molecule has 5 aromatic rings. The smallest absolute Gasteiger partial charge is 0.351 e. The molecule has 0 aliphatic heterocycles. The summed E-state index contributed by atoms with van der Waals surface area (Å²) >= 11 is 0. The third-order valence-corrected chi connectivity index (χ3v) is 6.16. The van der Waals surface area contributed by atoms with E-state index in [0.717, 1.165) is 33.5 Å². The summed E-state index contributed by atoms with van der Waals surface area (Å²) in [6.07, 6.45) is 0.919. The van der Waals surface area contributed by atoms with Crippen LogP contribution in [-0.4, -0.2) is 25.1 Å². The van der Waals surface area contributed by atoms with Gasteiger partial charge >= 0.3 is 5.69 Å². The fraction of sp³-hybridized carbons (Fsp3) is 0.214. The molecule has 0 atom stereocenters. The Kier molecular flexibility index (Phi) is 6.01. The van der Waals surface area contributed by atoms with Crippen LogP contribution in [0.4, 0.5) is 5.69 Å². The number of aromatic nitrogens is 4. The number of nitrogens with zero attached hydrogens (tertiary/aromatic N) is 4. The highest BCUT2D eigenvalue weighted by Gasteiger charge is 2.19. The number of carbonyl (C=O) groups is 1. The number of benzene rings is 3. The molecule has 0 aliphatic carbocycles. The van der Waals surface area contributed by atoms with Gasteiger partial charge in [-0.05, 0) is 68.1 Å². The minimum absolute atomic E-state index is 0.194. The lowest BCUT2D eigenvalue weighted by atomic mass is 10.1. The zero-order chi connectivity index (χ0) is 25.4. The summed E-state index contributed by atoms with van der Waals surface area (Å²) in [4.78, 5) is 30.9. The Morgan fingerprint density at radius 2 is 1.69 bits per heavy atom. The maximum Gasteiger partial charge on any atom is 0.351 e. The van der Waals surface area contributed by atoms with Crippen LogP contribution in [0.2, 0.25) is 0 Å². The van der Waals surface area contributed by atoms with Crippen LogP contribution in [0.3, 0.4) is 0 Å². The summed E-state index contributed by atoms with van der Waals surface area (Å²) in [5, 5.41) is 7.38. The summed E-state index contributed by atoms with van der Waals surface area (Å²) in [7, 11) is 0. The van der Waals surface area contributed by atoms with Crippen LogP contribution >= 0.6 is 0 Å². The molecule has 0 saturated heterocycles. The zero-order valence-corrected chi connectivity index (χ0v) is 20.7. The van der Waals surface area contributed by atoms with Crippen molar-refractivity contribution in [2.24, 2.45) is 0 Å². The van der Waals surface area contributed by atoms with Gasteiger partial charge in [0.2, 0.25) is 11.6 Å². The van der Waals surface area contributed by atoms with Crippen molar-refractivity contribution in [2.45, 2.75) is 40.7 Å². The number of carbonyl (C=O) groups excluding carboxylic acids is 1. The summed E-state index contributed by atoms with van der Waals surface area (Å²) in [5.41, 5.74) is 5.95. The van der Waals surface area contributed by atoms with Crippen molar-refractivity contribution in [3.05, 3.63) is 93.4 Å². The van der Waals surface area contributed by atoms with Gasteiger partial charge in [-0.1, -0.05) is 48.9 Å². The fourth-order valence-corrected chi connectivity index (χ4v) is 4.44. The molecular formula is C28H27N5O3. The van der Waals surface area contributed by atoms with Crippen molar-refractivity contribution >= 4 is 28.3 Å². The second-order valence-electron chi connectivity index (χ2n) is 8.93. The SMILES string of the molecule is CCc1ccc(Oc2nc3ccccc3n3c(=O)n(CC(=O)Nc4c(C)cc(C)cc4C)nc23)cc1. The number of fused-ring (bicyclic) bond motifs is 3. The molecule has 0 fully saturated rings. The van der Waals surface area contributed by atoms with Crippen LogP contribution < -0.4 is 15.7 Å². The van der Waals surface area contributed by atoms with Crippen molar-refractivity contribution < 1.29 is 9.53 Å². The minimum atomic E-state index is -0.442. The van der Waals surface area contributed by atoms with E-state index in [0.29, 0.717) is 16.8 Å². The number of hydrogen-bond donors (Lipinski definition) is 1. The molecule has 8 heteroatoms. The Morgan fingerprint density at radius 3 is 2.39 bits per heavy atom. The Morgan fingerprint density at radius 1 is 1.00 bits per heavy atom. The van der Waals surface area contributed by atoms with E-state index in [2.05, 4.69) is 22.3 Å². The largest absolute Gasteiger partial charge is 0.436 e. The van der Waals surface area contributed by atoms with Crippen molar-refractivity contribution in [2.75, 3.05) is 5.32 Å². The number of anilines is 1. The molecule has 2 aromatic heterocycles. The molecule has 0 radical (unpaired) electrons. The van der Waals surface area contributed by atoms with Gasteiger partial charge in [-0.2, -0.15) is 0 Å². The van der Waals surface area contributed by atoms with E-state index < -0.39 is 5.69 Å². The molecule has 5 rings (SSSR count). The lowest BCUT2D eigenvalue weighted by molar-refractivity contribution is -0.117. The predicted molar refractivity (Wildman–Crippen MR) is 140 cm³/mol. The summed E-state index contributed by atoms with van der Waals surface area (Å²) in [6, 6.07) is 19.0. The Bertz CT molecular complexity index is 1640. The van der Waals surface area contributed by atoms with E-state index in [4.69, 9.17) is 4.74 Å². The monoisotopic (exact) mass is 481 g/mol. The van der Waals surface area contributed by atoms with Crippen molar-refractivity contribution in [3.8, 4) is 11.6 Å². The average molecular weight is 482 g/mol. The number of aryl methyl sites for hydroxylation is 4. The number of rotatable bonds is 6. The van der Waals surface area contributed by atoms with Gasteiger partial charge < -0.3 is 10.1 Å². The van der Waals surface area contributed by atoms with E-state index in [1.165, 1.54) is 9.96 Å². The molecule has 0 spiro atoms. The molecule has 182 valence electrons. The van der Waals surface area contributed by atoms with Crippen LogP contribution in [0.15, 0.2) is 65.5 Å². The molecule has 2 heterocycles. The Balaban J connectivity index is 1.54. The molecule has 3 aromatic carbocycles. The van der Waals surface area contributed by atoms with Gasteiger partial charge in [-0.3, -0.25) is 4.79 Å². The maximum absolute atomic E-state index is 13.4. The molecule has 0 aliphatic rings. The van der Waals surface area contributed by atoms with Gasteiger partial charge in [0, 0.05) is 5.69 Å².